The average molecular weight is 228 g/mol. The number of hydrogen-bond donors (Lipinski definition) is 2. The van der Waals surface area contributed by atoms with E-state index in [0.717, 1.165) is 0 Å². The third-order valence-electron chi connectivity index (χ3n) is 1.62. The van der Waals surface area contributed by atoms with Gasteiger partial charge in [0.25, 0.3) is 5.69 Å². The van der Waals surface area contributed by atoms with Gasteiger partial charge in [0.1, 0.15) is 0 Å². The number of non-ortho nitro benzene ring substituents is 1. The zero-order valence-electron chi connectivity index (χ0n) is 9.10. The Labute approximate surface area is 95.3 Å². The molecule has 5 heteroatoms. The van der Waals surface area contributed by atoms with Crippen LogP contribution >= 0.6 is 12.6 Å². The van der Waals surface area contributed by atoms with Gasteiger partial charge in [0, 0.05) is 23.1 Å². The van der Waals surface area contributed by atoms with Crippen molar-refractivity contribution in [3.05, 3.63) is 34.4 Å². The minimum absolute atomic E-state index is 0.0764. The van der Waals surface area contributed by atoms with Crippen LogP contribution in [0, 0.1) is 10.1 Å². The summed E-state index contributed by atoms with van der Waals surface area (Å²) in [5.41, 5.74) is 0.0764. The van der Waals surface area contributed by atoms with Crippen LogP contribution in [-0.2, 0) is 0 Å². The second kappa shape index (κ2) is 7.25. The molecule has 15 heavy (non-hydrogen) atoms. The standard InChI is InChI=1S/C6H5NO2S.C4H11N/c8-7(9)5-2-1-3-6(10)4-5;1-4(2)5-3/h1-4,10H;4-5H,1-3H3. The molecule has 0 atom stereocenters. The summed E-state index contributed by atoms with van der Waals surface area (Å²) in [6.45, 7) is 4.22. The molecule has 0 fully saturated rings. The first-order valence-electron chi connectivity index (χ1n) is 4.58. The molecular formula is C10H16N2O2S. The van der Waals surface area contributed by atoms with Crippen molar-refractivity contribution in [1.29, 1.82) is 0 Å². The zero-order chi connectivity index (χ0) is 11.8. The number of nitro groups is 1. The van der Waals surface area contributed by atoms with Crippen LogP contribution in [0.5, 0.6) is 0 Å². The lowest BCUT2D eigenvalue weighted by atomic mass is 10.3. The predicted octanol–water partition coefficient (Wildman–Crippen LogP) is 2.50. The van der Waals surface area contributed by atoms with E-state index in [1.807, 2.05) is 7.05 Å². The highest BCUT2D eigenvalue weighted by atomic mass is 32.1. The van der Waals surface area contributed by atoms with Gasteiger partial charge < -0.3 is 5.32 Å². The van der Waals surface area contributed by atoms with Crippen LogP contribution in [0.2, 0.25) is 0 Å². The summed E-state index contributed by atoms with van der Waals surface area (Å²) in [5, 5.41) is 13.2. The normalized spacial score (nSPS) is 9.40. The molecule has 0 aromatic heterocycles. The van der Waals surface area contributed by atoms with Gasteiger partial charge in [-0.2, -0.15) is 0 Å². The van der Waals surface area contributed by atoms with Gasteiger partial charge in [-0.05, 0) is 13.1 Å². The Morgan fingerprint density at radius 3 is 2.27 bits per heavy atom. The Morgan fingerprint density at radius 2 is 2.00 bits per heavy atom. The lowest BCUT2D eigenvalue weighted by molar-refractivity contribution is -0.385. The van der Waals surface area contributed by atoms with E-state index in [1.165, 1.54) is 12.1 Å². The van der Waals surface area contributed by atoms with Gasteiger partial charge in [-0.15, -0.1) is 12.6 Å². The quantitative estimate of drug-likeness (QED) is 0.464. The van der Waals surface area contributed by atoms with Crippen LogP contribution in [0.3, 0.4) is 0 Å². The number of nitro benzene ring substituents is 1. The summed E-state index contributed by atoms with van der Waals surface area (Å²) >= 11 is 3.94. The minimum Gasteiger partial charge on any atom is -0.318 e. The van der Waals surface area contributed by atoms with E-state index in [1.54, 1.807) is 12.1 Å². The highest BCUT2D eigenvalue weighted by molar-refractivity contribution is 7.80. The Morgan fingerprint density at radius 1 is 1.47 bits per heavy atom. The fraction of sp³-hybridized carbons (Fsp3) is 0.400. The van der Waals surface area contributed by atoms with Crippen LogP contribution in [0.4, 0.5) is 5.69 Å². The first-order valence-corrected chi connectivity index (χ1v) is 5.02. The fourth-order valence-electron chi connectivity index (χ4n) is 0.607. The number of rotatable bonds is 2. The Bertz CT molecular complexity index is 316. The van der Waals surface area contributed by atoms with Crippen molar-refractivity contribution < 1.29 is 4.92 Å². The van der Waals surface area contributed by atoms with Crippen molar-refractivity contribution in [2.75, 3.05) is 7.05 Å². The van der Waals surface area contributed by atoms with E-state index >= 15 is 0 Å². The third-order valence-corrected chi connectivity index (χ3v) is 1.90. The van der Waals surface area contributed by atoms with E-state index in [2.05, 4.69) is 31.8 Å². The molecule has 0 aliphatic rings. The van der Waals surface area contributed by atoms with Crippen molar-refractivity contribution in [3.8, 4) is 0 Å². The highest BCUT2D eigenvalue weighted by Gasteiger charge is 2.02. The number of nitrogens with one attached hydrogen (secondary N) is 1. The van der Waals surface area contributed by atoms with Crippen LogP contribution in [0.1, 0.15) is 13.8 Å². The third kappa shape index (κ3) is 6.93. The SMILES string of the molecule is CNC(C)C.O=[N+]([O-])c1cccc(S)c1. The maximum Gasteiger partial charge on any atom is 0.270 e. The van der Waals surface area contributed by atoms with Gasteiger partial charge >= 0.3 is 0 Å². The van der Waals surface area contributed by atoms with Gasteiger partial charge in [-0.1, -0.05) is 19.9 Å². The van der Waals surface area contributed by atoms with Crippen molar-refractivity contribution >= 4 is 18.3 Å². The molecule has 1 aromatic carbocycles. The molecule has 0 amide bonds. The van der Waals surface area contributed by atoms with Gasteiger partial charge in [-0.25, -0.2) is 0 Å². The Kier molecular flexibility index (Phi) is 6.73. The topological polar surface area (TPSA) is 55.2 Å². The molecule has 4 nitrogen and oxygen atoms in total. The van der Waals surface area contributed by atoms with Crippen molar-refractivity contribution in [2.24, 2.45) is 0 Å². The molecule has 0 aliphatic carbocycles. The molecule has 84 valence electrons. The number of benzene rings is 1. The minimum atomic E-state index is -0.445. The number of nitrogens with zero attached hydrogens (tertiary/aromatic N) is 1. The van der Waals surface area contributed by atoms with Crippen molar-refractivity contribution in [1.82, 2.24) is 5.32 Å². The molecule has 0 spiro atoms. The molecule has 1 aromatic rings. The summed E-state index contributed by atoms with van der Waals surface area (Å²) < 4.78 is 0. The molecule has 0 heterocycles. The van der Waals surface area contributed by atoms with E-state index in [4.69, 9.17) is 0 Å². The van der Waals surface area contributed by atoms with Crippen LogP contribution in [-0.4, -0.2) is 18.0 Å². The second-order valence-electron chi connectivity index (χ2n) is 3.22. The molecule has 0 unspecified atom stereocenters. The van der Waals surface area contributed by atoms with Crippen molar-refractivity contribution in [2.45, 2.75) is 24.8 Å². The van der Waals surface area contributed by atoms with E-state index in [0.29, 0.717) is 10.9 Å². The summed E-state index contributed by atoms with van der Waals surface area (Å²) in [6, 6.07) is 6.76. The summed E-state index contributed by atoms with van der Waals surface area (Å²) in [6.07, 6.45) is 0. The first kappa shape index (κ1) is 13.9. The van der Waals surface area contributed by atoms with Crippen molar-refractivity contribution in [3.63, 3.8) is 0 Å². The lowest BCUT2D eigenvalue weighted by Gasteiger charge is -1.95. The van der Waals surface area contributed by atoms with Crippen LogP contribution in [0.25, 0.3) is 0 Å². The second-order valence-corrected chi connectivity index (χ2v) is 3.74. The van der Waals surface area contributed by atoms with E-state index in [-0.39, 0.29) is 5.69 Å². The number of thiol groups is 1. The monoisotopic (exact) mass is 228 g/mol. The molecule has 1 N–H and O–H groups in total. The molecule has 0 saturated heterocycles. The molecular weight excluding hydrogens is 212 g/mol. The Hall–Kier alpha value is -1.07. The van der Waals surface area contributed by atoms with E-state index in [9.17, 15) is 10.1 Å². The number of hydrogen-bond acceptors (Lipinski definition) is 4. The van der Waals surface area contributed by atoms with Gasteiger partial charge in [0.2, 0.25) is 0 Å². The molecule has 0 radical (unpaired) electrons. The molecule has 0 bridgehead atoms. The summed E-state index contributed by atoms with van der Waals surface area (Å²) in [7, 11) is 1.95. The predicted molar refractivity (Wildman–Crippen MR) is 64.5 cm³/mol. The van der Waals surface area contributed by atoms with Crippen LogP contribution in [0.15, 0.2) is 29.2 Å². The smallest absolute Gasteiger partial charge is 0.270 e. The molecule has 0 aliphatic heterocycles. The van der Waals surface area contributed by atoms with Crippen LogP contribution < -0.4 is 5.32 Å². The van der Waals surface area contributed by atoms with E-state index < -0.39 is 4.92 Å². The summed E-state index contributed by atoms with van der Waals surface area (Å²) in [5.74, 6) is 0. The zero-order valence-corrected chi connectivity index (χ0v) is 9.99. The largest absolute Gasteiger partial charge is 0.318 e. The Balaban J connectivity index is 0.000000336. The average Bonchev–Trinajstić information content (AvgIpc) is 2.18. The van der Waals surface area contributed by atoms with Gasteiger partial charge in [0.05, 0.1) is 4.92 Å². The molecule has 1 rings (SSSR count). The lowest BCUT2D eigenvalue weighted by Crippen LogP contribution is -2.15. The summed E-state index contributed by atoms with van der Waals surface area (Å²) in [4.78, 5) is 10.3. The maximum atomic E-state index is 10.1. The highest BCUT2D eigenvalue weighted by Crippen LogP contribution is 2.14. The van der Waals surface area contributed by atoms with Gasteiger partial charge in [0.15, 0.2) is 0 Å². The molecule has 0 saturated carbocycles. The first-order chi connectivity index (χ1) is 6.97. The maximum absolute atomic E-state index is 10.1. The van der Waals surface area contributed by atoms with Gasteiger partial charge in [-0.3, -0.25) is 10.1 Å². The fourth-order valence-corrected chi connectivity index (χ4v) is 0.825.